The Morgan fingerprint density at radius 2 is 1.65 bits per heavy atom. The van der Waals surface area contributed by atoms with E-state index in [0.717, 1.165) is 42.0 Å². The third-order valence-electron chi connectivity index (χ3n) is 4.17. The van der Waals surface area contributed by atoms with Gasteiger partial charge in [-0.3, -0.25) is 0 Å². The molecule has 0 spiro atoms. The normalized spacial score (nSPS) is 16.1. The molecule has 4 nitrogen and oxygen atoms in total. The summed E-state index contributed by atoms with van der Waals surface area (Å²) in [5.74, 6) is 3.68. The van der Waals surface area contributed by atoms with Crippen LogP contribution in [0.2, 0.25) is 0 Å². The second kappa shape index (κ2) is 7.46. The molecule has 0 unspecified atom stereocenters. The van der Waals surface area contributed by atoms with E-state index >= 15 is 0 Å². The summed E-state index contributed by atoms with van der Waals surface area (Å²) in [5, 5.41) is 6.81. The van der Waals surface area contributed by atoms with Crippen molar-refractivity contribution in [3.63, 3.8) is 0 Å². The summed E-state index contributed by atoms with van der Waals surface area (Å²) >= 11 is 0. The number of aromatic nitrogens is 2. The lowest BCUT2D eigenvalue weighted by molar-refractivity contribution is 0.345. The van der Waals surface area contributed by atoms with Crippen LogP contribution in [0.4, 0.5) is 11.6 Å². The van der Waals surface area contributed by atoms with Crippen molar-refractivity contribution >= 4 is 11.6 Å². The van der Waals surface area contributed by atoms with Gasteiger partial charge in [-0.2, -0.15) is 0 Å². The molecular weight excluding hydrogens is 248 g/mol. The zero-order valence-electron chi connectivity index (χ0n) is 13.1. The predicted molar refractivity (Wildman–Crippen MR) is 85.4 cm³/mol. The van der Waals surface area contributed by atoms with E-state index in [4.69, 9.17) is 0 Å². The molecular formula is C16H28N4. The van der Waals surface area contributed by atoms with E-state index in [1.807, 2.05) is 6.92 Å². The van der Waals surface area contributed by atoms with Gasteiger partial charge in [0.15, 0.2) is 0 Å². The largest absolute Gasteiger partial charge is 0.370 e. The first-order valence-corrected chi connectivity index (χ1v) is 8.03. The molecule has 1 aliphatic rings. The molecule has 0 aliphatic heterocycles. The Morgan fingerprint density at radius 1 is 1.00 bits per heavy atom. The summed E-state index contributed by atoms with van der Waals surface area (Å²) in [6.45, 7) is 8.03. The number of nitrogens with zero attached hydrogens (tertiary/aromatic N) is 2. The Bertz CT molecular complexity index is 425. The molecule has 1 saturated carbocycles. The fourth-order valence-electron chi connectivity index (χ4n) is 3.01. The molecule has 112 valence electrons. The maximum atomic E-state index is 4.54. The van der Waals surface area contributed by atoms with E-state index in [1.54, 1.807) is 0 Å². The van der Waals surface area contributed by atoms with Crippen LogP contribution >= 0.6 is 0 Å². The van der Waals surface area contributed by atoms with Crippen LogP contribution in [0, 0.1) is 19.8 Å². The highest BCUT2D eigenvalue weighted by molar-refractivity contribution is 5.57. The summed E-state index contributed by atoms with van der Waals surface area (Å²) in [5.41, 5.74) is 1.13. The number of anilines is 2. The third kappa shape index (κ3) is 4.09. The maximum absolute atomic E-state index is 4.54. The molecule has 0 bridgehead atoms. The molecule has 1 heterocycles. The second-order valence-electron chi connectivity index (χ2n) is 5.84. The number of aryl methyl sites for hydroxylation is 1. The van der Waals surface area contributed by atoms with Gasteiger partial charge in [0, 0.05) is 18.7 Å². The van der Waals surface area contributed by atoms with Crippen molar-refractivity contribution in [2.24, 2.45) is 5.92 Å². The zero-order chi connectivity index (χ0) is 14.4. The molecule has 1 aromatic rings. The highest BCUT2D eigenvalue weighted by Gasteiger charge is 2.13. The highest BCUT2D eigenvalue weighted by Crippen LogP contribution is 2.26. The van der Waals surface area contributed by atoms with Gasteiger partial charge in [-0.1, -0.05) is 32.1 Å². The second-order valence-corrected chi connectivity index (χ2v) is 5.84. The van der Waals surface area contributed by atoms with E-state index in [1.165, 1.54) is 38.5 Å². The third-order valence-corrected chi connectivity index (χ3v) is 4.17. The van der Waals surface area contributed by atoms with E-state index in [0.29, 0.717) is 0 Å². The van der Waals surface area contributed by atoms with Crippen LogP contribution in [-0.2, 0) is 0 Å². The first-order chi connectivity index (χ1) is 9.70. The molecule has 0 saturated heterocycles. The van der Waals surface area contributed by atoms with Crippen LogP contribution < -0.4 is 10.6 Å². The van der Waals surface area contributed by atoms with Gasteiger partial charge in [0.1, 0.15) is 17.5 Å². The fourth-order valence-corrected chi connectivity index (χ4v) is 3.01. The van der Waals surface area contributed by atoms with Crippen molar-refractivity contribution in [1.29, 1.82) is 0 Å². The van der Waals surface area contributed by atoms with Crippen LogP contribution in [0.25, 0.3) is 0 Å². The van der Waals surface area contributed by atoms with Gasteiger partial charge in [0.25, 0.3) is 0 Å². The fraction of sp³-hybridized carbons (Fsp3) is 0.750. The lowest BCUT2D eigenvalue weighted by Gasteiger charge is -2.22. The Morgan fingerprint density at radius 3 is 2.30 bits per heavy atom. The van der Waals surface area contributed by atoms with Crippen molar-refractivity contribution in [2.75, 3.05) is 23.7 Å². The van der Waals surface area contributed by atoms with Crippen molar-refractivity contribution in [2.45, 2.75) is 59.3 Å². The SMILES string of the molecule is CCNc1nc(C)nc(NCCC2CCCCC2)c1C. The number of rotatable bonds is 6. The lowest BCUT2D eigenvalue weighted by Crippen LogP contribution is -2.14. The monoisotopic (exact) mass is 276 g/mol. The van der Waals surface area contributed by atoms with Crippen LogP contribution in [0.5, 0.6) is 0 Å². The Hall–Kier alpha value is -1.32. The summed E-state index contributed by atoms with van der Waals surface area (Å²) < 4.78 is 0. The van der Waals surface area contributed by atoms with Gasteiger partial charge in [-0.05, 0) is 33.1 Å². The molecule has 1 fully saturated rings. The quantitative estimate of drug-likeness (QED) is 0.827. The minimum atomic E-state index is 0.826. The van der Waals surface area contributed by atoms with E-state index in [2.05, 4.69) is 34.4 Å². The van der Waals surface area contributed by atoms with E-state index in [-0.39, 0.29) is 0 Å². The van der Waals surface area contributed by atoms with Gasteiger partial charge >= 0.3 is 0 Å². The van der Waals surface area contributed by atoms with Crippen molar-refractivity contribution < 1.29 is 0 Å². The zero-order valence-corrected chi connectivity index (χ0v) is 13.1. The average molecular weight is 276 g/mol. The van der Waals surface area contributed by atoms with Crippen LogP contribution in [0.3, 0.4) is 0 Å². The smallest absolute Gasteiger partial charge is 0.134 e. The van der Waals surface area contributed by atoms with Crippen molar-refractivity contribution in [3.8, 4) is 0 Å². The topological polar surface area (TPSA) is 49.8 Å². The molecule has 1 aliphatic carbocycles. The summed E-state index contributed by atoms with van der Waals surface area (Å²) in [7, 11) is 0. The predicted octanol–water partition coefficient (Wildman–Crippen LogP) is 3.91. The number of nitrogens with one attached hydrogen (secondary N) is 2. The Kier molecular flexibility index (Phi) is 5.62. The summed E-state index contributed by atoms with van der Waals surface area (Å²) in [6.07, 6.45) is 8.35. The van der Waals surface area contributed by atoms with Crippen LogP contribution in [0.1, 0.15) is 56.8 Å². The minimum Gasteiger partial charge on any atom is -0.370 e. The molecule has 1 aromatic heterocycles. The standard InChI is InChI=1S/C16H28N4/c1-4-17-15-12(2)16(20-13(3)19-15)18-11-10-14-8-6-5-7-9-14/h14H,4-11H2,1-3H3,(H2,17,18,19,20). The average Bonchev–Trinajstić information content (AvgIpc) is 2.45. The van der Waals surface area contributed by atoms with Crippen LogP contribution in [0.15, 0.2) is 0 Å². The van der Waals surface area contributed by atoms with Crippen molar-refractivity contribution in [1.82, 2.24) is 9.97 Å². The summed E-state index contributed by atoms with van der Waals surface area (Å²) in [6, 6.07) is 0. The number of hydrogen-bond acceptors (Lipinski definition) is 4. The molecule has 2 rings (SSSR count). The van der Waals surface area contributed by atoms with Crippen LogP contribution in [-0.4, -0.2) is 23.1 Å². The molecule has 0 atom stereocenters. The first kappa shape index (κ1) is 15.1. The highest BCUT2D eigenvalue weighted by atomic mass is 15.1. The van der Waals surface area contributed by atoms with Gasteiger partial charge in [-0.25, -0.2) is 9.97 Å². The maximum Gasteiger partial charge on any atom is 0.134 e. The molecule has 0 radical (unpaired) electrons. The summed E-state index contributed by atoms with van der Waals surface area (Å²) in [4.78, 5) is 8.99. The number of hydrogen-bond donors (Lipinski definition) is 2. The Balaban J connectivity index is 1.91. The molecule has 2 N–H and O–H groups in total. The van der Waals surface area contributed by atoms with E-state index < -0.39 is 0 Å². The molecule has 4 heteroatoms. The minimum absolute atomic E-state index is 0.826. The van der Waals surface area contributed by atoms with Crippen molar-refractivity contribution in [3.05, 3.63) is 11.4 Å². The van der Waals surface area contributed by atoms with Gasteiger partial charge < -0.3 is 10.6 Å². The molecule has 0 aromatic carbocycles. The molecule has 0 amide bonds. The Labute approximate surface area is 122 Å². The van der Waals surface area contributed by atoms with E-state index in [9.17, 15) is 0 Å². The van der Waals surface area contributed by atoms with Gasteiger partial charge in [0.05, 0.1) is 0 Å². The molecule has 20 heavy (non-hydrogen) atoms. The van der Waals surface area contributed by atoms with Gasteiger partial charge in [-0.15, -0.1) is 0 Å². The van der Waals surface area contributed by atoms with Gasteiger partial charge in [0.2, 0.25) is 0 Å². The lowest BCUT2D eigenvalue weighted by atomic mass is 9.87. The first-order valence-electron chi connectivity index (χ1n) is 8.03.